The van der Waals surface area contributed by atoms with Crippen LogP contribution in [0.1, 0.15) is 34.1 Å². The summed E-state index contributed by atoms with van der Waals surface area (Å²) in [6.45, 7) is 7.85. The van der Waals surface area contributed by atoms with Gasteiger partial charge < -0.3 is 20.9 Å². The van der Waals surface area contributed by atoms with Gasteiger partial charge in [-0.3, -0.25) is 4.79 Å². The van der Waals surface area contributed by atoms with Crippen molar-refractivity contribution >= 4 is 11.9 Å². The van der Waals surface area contributed by atoms with Crippen LogP contribution >= 0.6 is 0 Å². The van der Waals surface area contributed by atoms with Crippen LogP contribution in [0.4, 0.5) is 0 Å². The number of esters is 1. The summed E-state index contributed by atoms with van der Waals surface area (Å²) in [5.41, 5.74) is 5.36. The van der Waals surface area contributed by atoms with Crippen molar-refractivity contribution in [3.05, 3.63) is 0 Å². The first kappa shape index (κ1) is 16.9. The molecular weight excluding hydrogens is 236 g/mol. The molecule has 1 amide bonds. The van der Waals surface area contributed by atoms with Crippen LogP contribution in [-0.4, -0.2) is 42.3 Å². The van der Waals surface area contributed by atoms with E-state index in [0.29, 0.717) is 6.42 Å². The fraction of sp³-hybridized carbons (Fsp3) is 0.833. The zero-order valence-electron chi connectivity index (χ0n) is 11.5. The Morgan fingerprint density at radius 1 is 1.39 bits per heavy atom. The first-order chi connectivity index (χ1) is 8.17. The van der Waals surface area contributed by atoms with Gasteiger partial charge in [0.05, 0.1) is 12.7 Å². The normalized spacial score (nSPS) is 14.8. The molecule has 0 aliphatic rings. The average molecular weight is 260 g/mol. The van der Waals surface area contributed by atoms with Crippen LogP contribution in [0.2, 0.25) is 0 Å². The lowest BCUT2D eigenvalue weighted by molar-refractivity contribution is -0.148. The fourth-order valence-corrected chi connectivity index (χ4v) is 1.45. The van der Waals surface area contributed by atoms with Gasteiger partial charge in [0.15, 0.2) is 6.04 Å². The van der Waals surface area contributed by atoms with E-state index in [-0.39, 0.29) is 18.6 Å². The summed E-state index contributed by atoms with van der Waals surface area (Å²) in [5.74, 6) is -1.40. The van der Waals surface area contributed by atoms with Crippen molar-refractivity contribution in [2.24, 2.45) is 11.1 Å². The first-order valence-corrected chi connectivity index (χ1v) is 6.05. The molecule has 0 saturated carbocycles. The highest BCUT2D eigenvalue weighted by molar-refractivity contribution is 6.01. The van der Waals surface area contributed by atoms with E-state index in [9.17, 15) is 14.7 Å². The van der Waals surface area contributed by atoms with Crippen LogP contribution in [0.15, 0.2) is 0 Å². The number of aliphatic hydroxyl groups excluding tert-OH is 1. The lowest BCUT2D eigenvalue weighted by Gasteiger charge is -2.22. The molecule has 0 aromatic carbocycles. The third-order valence-corrected chi connectivity index (χ3v) is 2.18. The first-order valence-electron chi connectivity index (χ1n) is 6.05. The molecule has 2 unspecified atom stereocenters. The number of hydrogen-bond acceptors (Lipinski definition) is 5. The molecule has 0 aromatic heterocycles. The molecular formula is C12H24N2O4. The number of carbonyl (C=O) groups is 2. The zero-order chi connectivity index (χ0) is 14.3. The number of nitrogens with one attached hydrogen (secondary N) is 1. The number of ether oxygens (including phenoxy) is 1. The van der Waals surface area contributed by atoms with Crippen molar-refractivity contribution in [3.8, 4) is 0 Å². The molecule has 6 heteroatoms. The van der Waals surface area contributed by atoms with Gasteiger partial charge in [0.2, 0.25) is 5.91 Å². The Labute approximate surface area is 108 Å². The Hall–Kier alpha value is -1.14. The Balaban J connectivity index is 4.06. The molecule has 6 nitrogen and oxygen atoms in total. The van der Waals surface area contributed by atoms with Gasteiger partial charge in [0.25, 0.3) is 0 Å². The molecule has 0 fully saturated rings. The second-order valence-corrected chi connectivity index (χ2v) is 5.39. The van der Waals surface area contributed by atoms with E-state index < -0.39 is 24.0 Å². The number of hydrogen-bond donors (Lipinski definition) is 3. The van der Waals surface area contributed by atoms with Gasteiger partial charge in [-0.2, -0.15) is 0 Å². The van der Waals surface area contributed by atoms with Gasteiger partial charge in [0.1, 0.15) is 0 Å². The molecule has 18 heavy (non-hydrogen) atoms. The Bertz CT molecular complexity index is 286. The third kappa shape index (κ3) is 7.24. The Morgan fingerprint density at radius 2 is 1.94 bits per heavy atom. The number of carbonyl (C=O) groups excluding carboxylic acids is 2. The molecule has 0 rings (SSSR count). The third-order valence-electron chi connectivity index (χ3n) is 2.18. The number of rotatable bonds is 6. The molecule has 106 valence electrons. The minimum atomic E-state index is -1.34. The monoisotopic (exact) mass is 260 g/mol. The van der Waals surface area contributed by atoms with Gasteiger partial charge in [-0.05, 0) is 18.8 Å². The maximum atomic E-state index is 11.5. The predicted molar refractivity (Wildman–Crippen MR) is 67.7 cm³/mol. The van der Waals surface area contributed by atoms with Crippen molar-refractivity contribution in [2.75, 3.05) is 13.2 Å². The molecule has 0 radical (unpaired) electrons. The standard InChI is InChI=1S/C12H24N2O4/c1-5-18-11(17)9(13)10(16)14-7-8(15)6-12(2,3)4/h8-9,15H,5-7,13H2,1-4H3,(H,14,16). The fourth-order valence-electron chi connectivity index (χ4n) is 1.45. The van der Waals surface area contributed by atoms with Crippen LogP contribution in [0, 0.1) is 5.41 Å². The van der Waals surface area contributed by atoms with Crippen molar-refractivity contribution in [2.45, 2.75) is 46.3 Å². The molecule has 0 spiro atoms. The summed E-state index contributed by atoms with van der Waals surface area (Å²) in [5, 5.41) is 12.1. The van der Waals surface area contributed by atoms with Gasteiger partial charge >= 0.3 is 5.97 Å². The second-order valence-electron chi connectivity index (χ2n) is 5.39. The molecule has 0 heterocycles. The molecule has 0 bridgehead atoms. The summed E-state index contributed by atoms with van der Waals surface area (Å²) in [6.07, 6.45) is -0.120. The topological polar surface area (TPSA) is 102 Å². The SMILES string of the molecule is CCOC(=O)C(N)C(=O)NCC(O)CC(C)(C)C. The van der Waals surface area contributed by atoms with Crippen LogP contribution in [0.25, 0.3) is 0 Å². The lowest BCUT2D eigenvalue weighted by atomic mass is 9.89. The van der Waals surface area contributed by atoms with Gasteiger partial charge in [-0.25, -0.2) is 4.79 Å². The van der Waals surface area contributed by atoms with E-state index in [2.05, 4.69) is 10.1 Å². The highest BCUT2D eigenvalue weighted by atomic mass is 16.5. The lowest BCUT2D eigenvalue weighted by Crippen LogP contribution is -2.48. The zero-order valence-corrected chi connectivity index (χ0v) is 11.5. The summed E-state index contributed by atoms with van der Waals surface area (Å²) in [4.78, 5) is 22.7. The molecule has 4 N–H and O–H groups in total. The van der Waals surface area contributed by atoms with E-state index in [4.69, 9.17) is 5.73 Å². The van der Waals surface area contributed by atoms with E-state index >= 15 is 0 Å². The molecule has 0 aliphatic carbocycles. The number of amides is 1. The summed E-state index contributed by atoms with van der Waals surface area (Å²) >= 11 is 0. The maximum absolute atomic E-state index is 11.5. The molecule has 0 saturated heterocycles. The van der Waals surface area contributed by atoms with Crippen LogP contribution in [0.5, 0.6) is 0 Å². The summed E-state index contributed by atoms with van der Waals surface area (Å²) in [7, 11) is 0. The Morgan fingerprint density at radius 3 is 2.39 bits per heavy atom. The van der Waals surface area contributed by atoms with Crippen molar-refractivity contribution in [1.29, 1.82) is 0 Å². The summed E-state index contributed by atoms with van der Waals surface area (Å²) < 4.78 is 4.62. The predicted octanol–water partition coefficient (Wildman–Crippen LogP) is -0.210. The van der Waals surface area contributed by atoms with Gasteiger partial charge in [-0.1, -0.05) is 20.8 Å². The number of aliphatic hydroxyl groups is 1. The van der Waals surface area contributed by atoms with Crippen LogP contribution in [-0.2, 0) is 14.3 Å². The van der Waals surface area contributed by atoms with Gasteiger partial charge in [-0.15, -0.1) is 0 Å². The van der Waals surface area contributed by atoms with E-state index in [0.717, 1.165) is 0 Å². The number of nitrogens with two attached hydrogens (primary N) is 1. The van der Waals surface area contributed by atoms with Crippen LogP contribution in [0.3, 0.4) is 0 Å². The highest BCUT2D eigenvalue weighted by Crippen LogP contribution is 2.20. The van der Waals surface area contributed by atoms with E-state index in [1.165, 1.54) is 0 Å². The summed E-state index contributed by atoms with van der Waals surface area (Å²) in [6, 6.07) is -1.34. The van der Waals surface area contributed by atoms with Gasteiger partial charge in [0, 0.05) is 6.54 Å². The van der Waals surface area contributed by atoms with Crippen molar-refractivity contribution in [3.63, 3.8) is 0 Å². The minimum Gasteiger partial charge on any atom is -0.464 e. The van der Waals surface area contributed by atoms with Crippen LogP contribution < -0.4 is 11.1 Å². The van der Waals surface area contributed by atoms with E-state index in [1.54, 1.807) is 6.92 Å². The quantitative estimate of drug-likeness (QED) is 0.453. The molecule has 2 atom stereocenters. The minimum absolute atomic E-state index is 0.0343. The Kier molecular flexibility index (Phi) is 6.86. The van der Waals surface area contributed by atoms with Crippen molar-refractivity contribution < 1.29 is 19.4 Å². The van der Waals surface area contributed by atoms with Crippen molar-refractivity contribution in [1.82, 2.24) is 5.32 Å². The largest absolute Gasteiger partial charge is 0.464 e. The second kappa shape index (κ2) is 7.33. The van der Waals surface area contributed by atoms with E-state index in [1.807, 2.05) is 20.8 Å². The average Bonchev–Trinajstić information content (AvgIpc) is 2.22. The molecule has 0 aromatic rings. The molecule has 0 aliphatic heterocycles. The smallest absolute Gasteiger partial charge is 0.332 e. The highest BCUT2D eigenvalue weighted by Gasteiger charge is 2.24. The maximum Gasteiger partial charge on any atom is 0.332 e.